The van der Waals surface area contributed by atoms with Crippen molar-refractivity contribution in [3.8, 4) is 0 Å². The van der Waals surface area contributed by atoms with Crippen LogP contribution in [0.5, 0.6) is 0 Å². The van der Waals surface area contributed by atoms with Gasteiger partial charge in [0.15, 0.2) is 0 Å². The number of rotatable bonds is 5. The van der Waals surface area contributed by atoms with Gasteiger partial charge in [-0.05, 0) is 44.2 Å². The monoisotopic (exact) mass is 260 g/mol. The van der Waals surface area contributed by atoms with Crippen LogP contribution in [0.1, 0.15) is 37.2 Å². The van der Waals surface area contributed by atoms with Crippen molar-refractivity contribution in [3.63, 3.8) is 0 Å². The van der Waals surface area contributed by atoms with Gasteiger partial charge in [-0.25, -0.2) is 0 Å². The summed E-state index contributed by atoms with van der Waals surface area (Å²) in [5.74, 6) is 0.604. The molecule has 2 rings (SSSR count). The predicted octanol–water partition coefficient (Wildman–Crippen LogP) is 3.64. The van der Waals surface area contributed by atoms with Crippen molar-refractivity contribution in [2.75, 3.05) is 6.61 Å². The van der Waals surface area contributed by atoms with Gasteiger partial charge in [-0.3, -0.25) is 0 Å². The molecule has 0 aliphatic heterocycles. The lowest BCUT2D eigenvalue weighted by Crippen LogP contribution is -2.32. The van der Waals surface area contributed by atoms with Gasteiger partial charge in [0.25, 0.3) is 0 Å². The van der Waals surface area contributed by atoms with Crippen molar-refractivity contribution in [2.45, 2.75) is 38.4 Å². The Morgan fingerprint density at radius 3 is 2.88 bits per heavy atom. The molecule has 1 aromatic heterocycles. The maximum Gasteiger partial charge on any atom is 0.0932 e. The molecule has 1 atom stereocenters. The first-order valence-corrected chi connectivity index (χ1v) is 6.93. The molecule has 1 fully saturated rings. The van der Waals surface area contributed by atoms with Crippen molar-refractivity contribution in [1.29, 1.82) is 0 Å². The Labute approximate surface area is 105 Å². The quantitative estimate of drug-likeness (QED) is 0.876. The predicted molar refractivity (Wildman–Crippen MR) is 67.0 cm³/mol. The highest BCUT2D eigenvalue weighted by Gasteiger charge is 2.31. The molecular weight excluding hydrogens is 244 g/mol. The van der Waals surface area contributed by atoms with Crippen LogP contribution in [0.4, 0.5) is 0 Å². The van der Waals surface area contributed by atoms with E-state index in [0.717, 1.165) is 35.1 Å². The second kappa shape index (κ2) is 5.50. The number of aliphatic hydroxyl groups is 1. The smallest absolute Gasteiger partial charge is 0.0932 e. The molecule has 1 unspecified atom stereocenters. The number of thiophene rings is 1. The number of aliphatic hydroxyl groups excluding tert-OH is 1. The van der Waals surface area contributed by atoms with Gasteiger partial charge in [-0.15, -0.1) is 11.3 Å². The standard InChI is InChI=1S/C12H17ClO2S/c1-2-15-9-5-8(6-9)7-10(14)11-3-4-12(13)16-11/h3-4,8-10,14H,2,5-7H2,1H3. The summed E-state index contributed by atoms with van der Waals surface area (Å²) in [6.45, 7) is 2.82. The summed E-state index contributed by atoms with van der Waals surface area (Å²) in [5, 5.41) is 10.00. The summed E-state index contributed by atoms with van der Waals surface area (Å²) >= 11 is 7.31. The molecule has 0 amide bonds. The van der Waals surface area contributed by atoms with Gasteiger partial charge in [-0.2, -0.15) is 0 Å². The van der Waals surface area contributed by atoms with E-state index in [0.29, 0.717) is 12.0 Å². The molecule has 1 aromatic rings. The van der Waals surface area contributed by atoms with E-state index >= 15 is 0 Å². The Morgan fingerprint density at radius 2 is 2.31 bits per heavy atom. The Bertz CT molecular complexity index is 334. The summed E-state index contributed by atoms with van der Waals surface area (Å²) in [6.07, 6.45) is 3.08. The van der Waals surface area contributed by atoms with Crippen LogP contribution in [0.25, 0.3) is 0 Å². The zero-order valence-electron chi connectivity index (χ0n) is 9.36. The minimum atomic E-state index is -0.356. The maximum absolute atomic E-state index is 10.00. The SMILES string of the molecule is CCOC1CC(CC(O)c2ccc(Cl)s2)C1. The number of hydrogen-bond donors (Lipinski definition) is 1. The van der Waals surface area contributed by atoms with Crippen LogP contribution in [0, 0.1) is 5.92 Å². The molecule has 0 radical (unpaired) electrons. The third-order valence-corrected chi connectivity index (χ3v) is 4.41. The lowest BCUT2D eigenvalue weighted by Gasteiger charge is -2.35. The average Bonchev–Trinajstić information content (AvgIpc) is 2.61. The summed E-state index contributed by atoms with van der Waals surface area (Å²) in [5.41, 5.74) is 0. The first-order valence-electron chi connectivity index (χ1n) is 5.74. The van der Waals surface area contributed by atoms with Crippen LogP contribution >= 0.6 is 22.9 Å². The second-order valence-electron chi connectivity index (χ2n) is 4.31. The van der Waals surface area contributed by atoms with Crippen LogP contribution in [0.3, 0.4) is 0 Å². The van der Waals surface area contributed by atoms with E-state index in [1.807, 2.05) is 19.1 Å². The summed E-state index contributed by atoms with van der Waals surface area (Å²) in [6, 6.07) is 3.75. The van der Waals surface area contributed by atoms with Crippen LogP contribution < -0.4 is 0 Å². The van der Waals surface area contributed by atoms with Gasteiger partial charge in [0.1, 0.15) is 0 Å². The number of hydrogen-bond acceptors (Lipinski definition) is 3. The van der Waals surface area contributed by atoms with Crippen molar-refractivity contribution >= 4 is 22.9 Å². The molecule has 4 heteroatoms. The zero-order valence-corrected chi connectivity index (χ0v) is 10.9. The Balaban J connectivity index is 1.75. The van der Waals surface area contributed by atoms with Crippen LogP contribution in [-0.2, 0) is 4.74 Å². The molecule has 16 heavy (non-hydrogen) atoms. The second-order valence-corrected chi connectivity index (χ2v) is 6.05. The number of ether oxygens (including phenoxy) is 1. The van der Waals surface area contributed by atoms with Gasteiger partial charge in [0.05, 0.1) is 16.5 Å². The fourth-order valence-electron chi connectivity index (χ4n) is 2.18. The van der Waals surface area contributed by atoms with E-state index in [1.165, 1.54) is 11.3 Å². The Morgan fingerprint density at radius 1 is 1.56 bits per heavy atom. The Kier molecular flexibility index (Phi) is 4.25. The number of halogens is 1. The molecule has 0 aromatic carbocycles. The first kappa shape index (κ1) is 12.4. The van der Waals surface area contributed by atoms with Gasteiger partial charge in [-0.1, -0.05) is 11.6 Å². The van der Waals surface area contributed by atoms with Gasteiger partial charge in [0, 0.05) is 11.5 Å². The van der Waals surface area contributed by atoms with Crippen LogP contribution in [-0.4, -0.2) is 17.8 Å². The van der Waals surface area contributed by atoms with E-state index in [4.69, 9.17) is 16.3 Å². The fourth-order valence-corrected chi connectivity index (χ4v) is 3.24. The molecule has 0 spiro atoms. The first-order chi connectivity index (χ1) is 7.69. The topological polar surface area (TPSA) is 29.5 Å². The molecule has 0 saturated heterocycles. The molecule has 1 aliphatic carbocycles. The van der Waals surface area contributed by atoms with Gasteiger partial charge in [0.2, 0.25) is 0 Å². The molecule has 1 saturated carbocycles. The largest absolute Gasteiger partial charge is 0.388 e. The van der Waals surface area contributed by atoms with Crippen molar-refractivity contribution in [1.82, 2.24) is 0 Å². The van der Waals surface area contributed by atoms with Crippen molar-refractivity contribution in [2.24, 2.45) is 5.92 Å². The maximum atomic E-state index is 10.00. The lowest BCUT2D eigenvalue weighted by atomic mass is 9.78. The van der Waals surface area contributed by atoms with E-state index in [1.54, 1.807) is 0 Å². The minimum Gasteiger partial charge on any atom is -0.388 e. The summed E-state index contributed by atoms with van der Waals surface area (Å²) in [7, 11) is 0. The normalized spacial score (nSPS) is 26.4. The van der Waals surface area contributed by atoms with Crippen molar-refractivity contribution < 1.29 is 9.84 Å². The molecule has 1 N–H and O–H groups in total. The molecule has 2 nitrogen and oxygen atoms in total. The summed E-state index contributed by atoms with van der Waals surface area (Å²) < 4.78 is 6.24. The summed E-state index contributed by atoms with van der Waals surface area (Å²) in [4.78, 5) is 0.977. The minimum absolute atomic E-state index is 0.356. The van der Waals surface area contributed by atoms with Gasteiger partial charge < -0.3 is 9.84 Å². The van der Waals surface area contributed by atoms with E-state index in [-0.39, 0.29) is 6.10 Å². The van der Waals surface area contributed by atoms with E-state index in [9.17, 15) is 5.11 Å². The van der Waals surface area contributed by atoms with E-state index in [2.05, 4.69) is 0 Å². The third-order valence-electron chi connectivity index (χ3n) is 3.07. The van der Waals surface area contributed by atoms with E-state index < -0.39 is 0 Å². The highest BCUT2D eigenvalue weighted by atomic mass is 35.5. The third kappa shape index (κ3) is 2.98. The average molecular weight is 261 g/mol. The highest BCUT2D eigenvalue weighted by Crippen LogP contribution is 2.38. The lowest BCUT2D eigenvalue weighted by molar-refractivity contribution is -0.0377. The van der Waals surface area contributed by atoms with Crippen molar-refractivity contribution in [3.05, 3.63) is 21.3 Å². The zero-order chi connectivity index (χ0) is 11.5. The fraction of sp³-hybridized carbons (Fsp3) is 0.667. The van der Waals surface area contributed by atoms with Crippen LogP contribution in [0.2, 0.25) is 4.34 Å². The molecule has 0 bridgehead atoms. The highest BCUT2D eigenvalue weighted by molar-refractivity contribution is 7.16. The van der Waals surface area contributed by atoms with Crippen LogP contribution in [0.15, 0.2) is 12.1 Å². The van der Waals surface area contributed by atoms with Gasteiger partial charge >= 0.3 is 0 Å². The Hall–Kier alpha value is -0.0900. The molecule has 1 aliphatic rings. The molecular formula is C12H17ClO2S. The molecule has 1 heterocycles. The molecule has 90 valence electrons.